The van der Waals surface area contributed by atoms with Crippen molar-refractivity contribution in [3.8, 4) is 11.5 Å². The van der Waals surface area contributed by atoms with E-state index in [1.807, 2.05) is 64.1 Å². The van der Waals surface area contributed by atoms with E-state index in [0.717, 1.165) is 22.4 Å². The molecule has 0 unspecified atom stereocenters. The molecule has 0 saturated heterocycles. The van der Waals surface area contributed by atoms with Crippen molar-refractivity contribution >= 4 is 16.7 Å². The molecule has 2 atom stereocenters. The van der Waals surface area contributed by atoms with E-state index in [2.05, 4.69) is 10.3 Å². The number of hydrogen-bond acceptors (Lipinski definition) is 4. The molecule has 0 bridgehead atoms. The Bertz CT molecular complexity index is 1010. The van der Waals surface area contributed by atoms with Gasteiger partial charge >= 0.3 is 0 Å². The molecule has 3 rings (SSSR count). The Labute approximate surface area is 174 Å². The largest absolute Gasteiger partial charge is 0.441 e. The van der Waals surface area contributed by atoms with E-state index in [9.17, 15) is 9.00 Å². The van der Waals surface area contributed by atoms with Gasteiger partial charge in [0.2, 0.25) is 5.89 Å². The lowest BCUT2D eigenvalue weighted by Gasteiger charge is -2.11. The second-order valence-corrected chi connectivity index (χ2v) is 8.64. The van der Waals surface area contributed by atoms with E-state index in [1.165, 1.54) is 0 Å². The lowest BCUT2D eigenvalue weighted by Crippen LogP contribution is -2.31. The van der Waals surface area contributed by atoms with Crippen molar-refractivity contribution in [1.29, 1.82) is 0 Å². The minimum Gasteiger partial charge on any atom is -0.441 e. The average molecular weight is 411 g/mol. The fraction of sp³-hybridized carbons (Fsp3) is 0.304. The van der Waals surface area contributed by atoms with E-state index < -0.39 is 10.8 Å². The van der Waals surface area contributed by atoms with Crippen LogP contribution in [-0.4, -0.2) is 21.1 Å². The molecule has 3 aromatic rings. The predicted octanol–water partition coefficient (Wildman–Crippen LogP) is 4.79. The zero-order valence-electron chi connectivity index (χ0n) is 17.2. The smallest absolute Gasteiger partial charge is 0.251 e. The van der Waals surface area contributed by atoms with Gasteiger partial charge in [0.15, 0.2) is 0 Å². The predicted molar refractivity (Wildman–Crippen MR) is 115 cm³/mol. The number of oxazole rings is 1. The maximum Gasteiger partial charge on any atom is 0.251 e. The zero-order valence-corrected chi connectivity index (χ0v) is 18.0. The minimum absolute atomic E-state index is 0.0938. The molecule has 0 aliphatic carbocycles. The Balaban J connectivity index is 1.73. The van der Waals surface area contributed by atoms with Gasteiger partial charge in [0.1, 0.15) is 5.76 Å². The van der Waals surface area contributed by atoms with Crippen LogP contribution in [0.15, 0.2) is 57.8 Å². The van der Waals surface area contributed by atoms with Gasteiger partial charge in [-0.2, -0.15) is 0 Å². The maximum absolute atomic E-state index is 12.6. The van der Waals surface area contributed by atoms with E-state index in [4.69, 9.17) is 4.42 Å². The highest BCUT2D eigenvalue weighted by atomic mass is 32.2. The van der Waals surface area contributed by atoms with Gasteiger partial charge in [-0.05, 0) is 63.6 Å². The Hall–Kier alpha value is -2.73. The SMILES string of the molecule is CC[C@@H](C)NC(=O)c1ccc(-c2nc(C[S@@](=O)c3ccc(C)cc3)c(C)o2)cc1. The fourth-order valence-electron chi connectivity index (χ4n) is 2.76. The molecule has 0 radical (unpaired) electrons. The van der Waals surface area contributed by atoms with Crippen LogP contribution in [0.25, 0.3) is 11.5 Å². The van der Waals surface area contributed by atoms with Gasteiger partial charge in [0, 0.05) is 22.1 Å². The third kappa shape index (κ3) is 5.21. The Morgan fingerprint density at radius 1 is 1.10 bits per heavy atom. The van der Waals surface area contributed by atoms with Crippen LogP contribution in [0, 0.1) is 13.8 Å². The van der Waals surface area contributed by atoms with Crippen LogP contribution in [0.3, 0.4) is 0 Å². The summed E-state index contributed by atoms with van der Waals surface area (Å²) in [5.74, 6) is 1.32. The fourth-order valence-corrected chi connectivity index (χ4v) is 3.88. The first-order valence-corrected chi connectivity index (χ1v) is 11.0. The van der Waals surface area contributed by atoms with Crippen LogP contribution >= 0.6 is 0 Å². The summed E-state index contributed by atoms with van der Waals surface area (Å²) in [6.45, 7) is 7.83. The van der Waals surface area contributed by atoms with Gasteiger partial charge in [-0.15, -0.1) is 0 Å². The number of nitrogens with zero attached hydrogens (tertiary/aromatic N) is 1. The molecular weight excluding hydrogens is 384 g/mol. The molecule has 0 aliphatic rings. The molecule has 0 fully saturated rings. The maximum atomic E-state index is 12.6. The molecule has 152 valence electrons. The Morgan fingerprint density at radius 2 is 1.76 bits per heavy atom. The first kappa shape index (κ1) is 21.0. The number of aromatic nitrogens is 1. The number of nitrogens with one attached hydrogen (secondary N) is 1. The van der Waals surface area contributed by atoms with Gasteiger partial charge in [0.25, 0.3) is 5.91 Å². The van der Waals surface area contributed by atoms with Gasteiger partial charge in [-0.3, -0.25) is 9.00 Å². The van der Waals surface area contributed by atoms with Crippen LogP contribution in [0.1, 0.15) is 47.6 Å². The number of benzene rings is 2. The minimum atomic E-state index is -1.19. The van der Waals surface area contributed by atoms with Gasteiger partial charge in [0.05, 0.1) is 22.2 Å². The molecule has 5 nitrogen and oxygen atoms in total. The first-order valence-electron chi connectivity index (χ1n) is 9.70. The molecule has 1 aromatic heterocycles. The first-order chi connectivity index (χ1) is 13.9. The third-order valence-electron chi connectivity index (χ3n) is 4.83. The number of carbonyl (C=O) groups excluding carboxylic acids is 1. The van der Waals surface area contributed by atoms with Crippen LogP contribution in [0.2, 0.25) is 0 Å². The molecule has 29 heavy (non-hydrogen) atoms. The van der Waals surface area contributed by atoms with Gasteiger partial charge in [-0.25, -0.2) is 4.98 Å². The van der Waals surface area contributed by atoms with Crippen LogP contribution in [0.5, 0.6) is 0 Å². The summed E-state index contributed by atoms with van der Waals surface area (Å²) in [6.07, 6.45) is 0.881. The summed E-state index contributed by atoms with van der Waals surface area (Å²) in [6, 6.07) is 15.0. The molecular formula is C23H26N2O3S. The third-order valence-corrected chi connectivity index (χ3v) is 6.16. The molecule has 0 aliphatic heterocycles. The van der Waals surface area contributed by atoms with Gasteiger partial charge < -0.3 is 9.73 Å². The summed E-state index contributed by atoms with van der Waals surface area (Å²) in [5, 5.41) is 2.95. The highest BCUT2D eigenvalue weighted by Crippen LogP contribution is 2.24. The van der Waals surface area contributed by atoms with Crippen molar-refractivity contribution in [2.75, 3.05) is 0 Å². The van der Waals surface area contributed by atoms with Crippen LogP contribution in [0.4, 0.5) is 0 Å². The summed E-state index contributed by atoms with van der Waals surface area (Å²) >= 11 is 0. The molecule has 1 amide bonds. The van der Waals surface area contributed by atoms with Crippen LogP contribution in [-0.2, 0) is 16.6 Å². The highest BCUT2D eigenvalue weighted by molar-refractivity contribution is 7.84. The van der Waals surface area contributed by atoms with Crippen LogP contribution < -0.4 is 5.32 Å². The topological polar surface area (TPSA) is 72.2 Å². The number of hydrogen-bond donors (Lipinski definition) is 1. The summed E-state index contributed by atoms with van der Waals surface area (Å²) in [7, 11) is -1.19. The van der Waals surface area contributed by atoms with Crippen molar-refractivity contribution in [1.82, 2.24) is 10.3 Å². The summed E-state index contributed by atoms with van der Waals surface area (Å²) in [4.78, 5) is 17.5. The number of rotatable bonds is 7. The zero-order chi connectivity index (χ0) is 21.0. The van der Waals surface area contributed by atoms with Crippen molar-refractivity contribution in [3.63, 3.8) is 0 Å². The second kappa shape index (κ2) is 9.18. The number of amides is 1. The molecule has 0 saturated carbocycles. The van der Waals surface area contributed by atoms with E-state index >= 15 is 0 Å². The number of aryl methyl sites for hydroxylation is 2. The summed E-state index contributed by atoms with van der Waals surface area (Å²) in [5.41, 5.74) is 3.18. The lowest BCUT2D eigenvalue weighted by molar-refractivity contribution is 0.0939. The standard InChI is InChI=1S/C23H26N2O3S/c1-5-16(3)24-22(26)18-8-10-19(11-9-18)23-25-21(17(4)28-23)14-29(27)20-12-6-15(2)7-13-20/h6-13,16H,5,14H2,1-4H3,(H,24,26)/t16-,29-/m1/s1. The van der Waals surface area contributed by atoms with E-state index in [-0.39, 0.29) is 11.9 Å². The van der Waals surface area contributed by atoms with Crippen molar-refractivity contribution in [2.45, 2.75) is 50.8 Å². The number of carbonyl (C=O) groups is 1. The highest BCUT2D eigenvalue weighted by Gasteiger charge is 2.16. The summed E-state index contributed by atoms with van der Waals surface area (Å²) < 4.78 is 18.4. The normalized spacial score (nSPS) is 13.1. The average Bonchev–Trinajstić information content (AvgIpc) is 3.08. The molecule has 1 N–H and O–H groups in total. The van der Waals surface area contributed by atoms with Crippen molar-refractivity contribution < 1.29 is 13.4 Å². The van der Waals surface area contributed by atoms with Gasteiger partial charge in [-0.1, -0.05) is 24.6 Å². The molecule has 2 aromatic carbocycles. The lowest BCUT2D eigenvalue weighted by atomic mass is 10.1. The molecule has 6 heteroatoms. The quantitative estimate of drug-likeness (QED) is 0.608. The van der Waals surface area contributed by atoms with E-state index in [0.29, 0.717) is 28.7 Å². The van der Waals surface area contributed by atoms with Crippen molar-refractivity contribution in [2.24, 2.45) is 0 Å². The second-order valence-electron chi connectivity index (χ2n) is 7.18. The molecule has 1 heterocycles. The monoisotopic (exact) mass is 410 g/mol. The Morgan fingerprint density at radius 3 is 2.38 bits per heavy atom. The molecule has 0 spiro atoms. The Kier molecular flexibility index (Phi) is 6.64. The van der Waals surface area contributed by atoms with Crippen molar-refractivity contribution in [3.05, 3.63) is 71.1 Å². The van der Waals surface area contributed by atoms with E-state index in [1.54, 1.807) is 12.1 Å².